The number of aromatic nitrogens is 1. The summed E-state index contributed by atoms with van der Waals surface area (Å²) in [4.78, 5) is 32.9. The molecule has 2 N–H and O–H groups in total. The maximum Gasteiger partial charge on any atom is 0.255 e. The van der Waals surface area contributed by atoms with E-state index in [4.69, 9.17) is 0 Å². The molecule has 26 heavy (non-hydrogen) atoms. The van der Waals surface area contributed by atoms with Gasteiger partial charge in [-0.3, -0.25) is 14.6 Å². The van der Waals surface area contributed by atoms with Crippen LogP contribution in [0.2, 0.25) is 0 Å². The van der Waals surface area contributed by atoms with Crippen LogP contribution in [-0.4, -0.2) is 22.5 Å². The Hall–Kier alpha value is -3.32. The highest BCUT2D eigenvalue weighted by Crippen LogP contribution is 2.32. The smallest absolute Gasteiger partial charge is 0.255 e. The Kier molecular flexibility index (Phi) is 4.28. The summed E-state index contributed by atoms with van der Waals surface area (Å²) in [5.74, 6) is -0.322. The molecule has 3 aromatic rings. The van der Waals surface area contributed by atoms with Gasteiger partial charge in [-0.15, -0.1) is 11.3 Å². The first-order valence-electron chi connectivity index (χ1n) is 7.94. The molecule has 2 amide bonds. The molecule has 1 aliphatic rings. The van der Waals surface area contributed by atoms with Gasteiger partial charge in [-0.2, -0.15) is 0 Å². The molecule has 1 aliphatic heterocycles. The van der Waals surface area contributed by atoms with Crippen molar-refractivity contribution in [3.8, 4) is 0 Å². The molecule has 1 aromatic carbocycles. The quantitative estimate of drug-likeness (QED) is 0.742. The van der Waals surface area contributed by atoms with Crippen LogP contribution in [0.4, 0.5) is 17.1 Å². The third-order valence-electron chi connectivity index (χ3n) is 3.90. The molecule has 0 saturated carbocycles. The number of thiophene rings is 1. The summed E-state index contributed by atoms with van der Waals surface area (Å²) in [6.45, 7) is 0. The second kappa shape index (κ2) is 6.89. The maximum atomic E-state index is 12.3. The van der Waals surface area contributed by atoms with Crippen molar-refractivity contribution in [2.75, 3.05) is 10.6 Å². The van der Waals surface area contributed by atoms with Crippen molar-refractivity contribution < 1.29 is 9.59 Å². The zero-order valence-corrected chi connectivity index (χ0v) is 14.4. The minimum atomic E-state index is -0.217. The summed E-state index contributed by atoms with van der Waals surface area (Å²) in [6, 6.07) is 10.6. The van der Waals surface area contributed by atoms with Gasteiger partial charge in [0.2, 0.25) is 5.91 Å². The number of nitrogens with zero attached hydrogens (tertiary/aromatic N) is 2. The molecule has 0 spiro atoms. The molecule has 0 fully saturated rings. The summed E-state index contributed by atoms with van der Waals surface area (Å²) in [5, 5.41) is 9.48. The Morgan fingerprint density at radius 1 is 1.15 bits per heavy atom. The van der Waals surface area contributed by atoms with Crippen molar-refractivity contribution in [1.29, 1.82) is 0 Å². The minimum Gasteiger partial charge on any atom is -0.323 e. The number of benzene rings is 1. The highest BCUT2D eigenvalue weighted by Gasteiger charge is 2.18. The highest BCUT2D eigenvalue weighted by molar-refractivity contribution is 7.09. The summed E-state index contributed by atoms with van der Waals surface area (Å²) in [5.41, 5.74) is 4.12. The zero-order chi connectivity index (χ0) is 17.9. The zero-order valence-electron chi connectivity index (χ0n) is 13.6. The van der Waals surface area contributed by atoms with Crippen LogP contribution >= 0.6 is 11.3 Å². The van der Waals surface area contributed by atoms with Crippen LogP contribution < -0.4 is 10.6 Å². The molecule has 3 heterocycles. The molecule has 0 saturated heterocycles. The van der Waals surface area contributed by atoms with Gasteiger partial charge in [0.05, 0.1) is 23.5 Å². The number of nitrogens with one attached hydrogen (secondary N) is 2. The number of pyridine rings is 1. The predicted molar refractivity (Wildman–Crippen MR) is 102 cm³/mol. The number of fused-ring (bicyclic) bond motifs is 1. The Balaban J connectivity index is 1.62. The van der Waals surface area contributed by atoms with Gasteiger partial charge in [0, 0.05) is 34.4 Å². The van der Waals surface area contributed by atoms with E-state index in [1.54, 1.807) is 30.6 Å². The minimum absolute atomic E-state index is 0.105. The first kappa shape index (κ1) is 16.2. The van der Waals surface area contributed by atoms with Crippen LogP contribution in [0, 0.1) is 0 Å². The first-order chi connectivity index (χ1) is 12.7. The van der Waals surface area contributed by atoms with E-state index in [0.717, 1.165) is 16.9 Å². The van der Waals surface area contributed by atoms with Crippen molar-refractivity contribution in [3.63, 3.8) is 0 Å². The molecule has 6 nitrogen and oxygen atoms in total. The van der Waals surface area contributed by atoms with Crippen LogP contribution in [0.25, 0.3) is 0 Å². The number of hydrogen-bond acceptors (Lipinski definition) is 5. The van der Waals surface area contributed by atoms with Gasteiger partial charge in [-0.05, 0) is 29.8 Å². The Bertz CT molecular complexity index is 1010. The second-order valence-corrected chi connectivity index (χ2v) is 6.47. The van der Waals surface area contributed by atoms with Crippen molar-refractivity contribution in [2.24, 2.45) is 4.99 Å². The summed E-state index contributed by atoms with van der Waals surface area (Å²) in [6.07, 6.45) is 3.33. The van der Waals surface area contributed by atoms with E-state index in [2.05, 4.69) is 20.6 Å². The Morgan fingerprint density at radius 3 is 2.85 bits per heavy atom. The van der Waals surface area contributed by atoms with E-state index < -0.39 is 0 Å². The number of aliphatic imine (C=N–C) groups is 1. The fraction of sp³-hybridized carbons (Fsp3) is 0.0526. The maximum absolute atomic E-state index is 12.3. The molecular weight excluding hydrogens is 348 g/mol. The first-order valence-corrected chi connectivity index (χ1v) is 8.89. The van der Waals surface area contributed by atoms with Crippen LogP contribution in [-0.2, 0) is 4.79 Å². The fourth-order valence-corrected chi connectivity index (χ4v) is 3.34. The van der Waals surface area contributed by atoms with E-state index in [-0.39, 0.29) is 18.2 Å². The highest BCUT2D eigenvalue weighted by atomic mass is 32.1. The molecule has 4 rings (SSSR count). The third kappa shape index (κ3) is 3.38. The molecule has 0 radical (unpaired) electrons. The Morgan fingerprint density at radius 2 is 2.00 bits per heavy atom. The molecular formula is C19H14N4O2S. The van der Waals surface area contributed by atoms with Gasteiger partial charge in [0.1, 0.15) is 0 Å². The van der Waals surface area contributed by atoms with Gasteiger partial charge in [0.15, 0.2) is 0 Å². The van der Waals surface area contributed by atoms with Gasteiger partial charge >= 0.3 is 0 Å². The lowest BCUT2D eigenvalue weighted by Crippen LogP contribution is -2.15. The number of amides is 2. The van der Waals surface area contributed by atoms with E-state index in [1.807, 2.05) is 29.0 Å². The standard InChI is InChI=1S/C19H14N4O2S/c24-18-9-15(22-16-10-26-11-17(16)23-18)13-2-1-3-14(8-13)21-19(25)12-4-6-20-7-5-12/h1-8,10-11H,9H2,(H,21,25)(H,23,24). The van der Waals surface area contributed by atoms with E-state index in [0.29, 0.717) is 17.0 Å². The normalized spacial score (nSPS) is 13.2. The molecule has 2 aromatic heterocycles. The third-order valence-corrected chi connectivity index (χ3v) is 4.63. The number of carbonyl (C=O) groups excluding carboxylic acids is 2. The molecule has 0 aliphatic carbocycles. The van der Waals surface area contributed by atoms with Gasteiger partial charge in [-0.25, -0.2) is 4.99 Å². The largest absolute Gasteiger partial charge is 0.323 e. The lowest BCUT2D eigenvalue weighted by Gasteiger charge is -2.08. The average molecular weight is 362 g/mol. The van der Waals surface area contributed by atoms with E-state index >= 15 is 0 Å². The topological polar surface area (TPSA) is 83.5 Å². The molecule has 128 valence electrons. The van der Waals surface area contributed by atoms with Gasteiger partial charge in [-0.1, -0.05) is 12.1 Å². The molecule has 0 bridgehead atoms. The van der Waals surface area contributed by atoms with Crippen LogP contribution in [0.1, 0.15) is 22.3 Å². The van der Waals surface area contributed by atoms with Crippen LogP contribution in [0.3, 0.4) is 0 Å². The SMILES string of the molecule is O=C1CC(c2cccc(NC(=O)c3ccncc3)c2)=Nc2cscc2N1. The van der Waals surface area contributed by atoms with Crippen molar-refractivity contribution >= 4 is 45.9 Å². The number of anilines is 2. The van der Waals surface area contributed by atoms with Crippen LogP contribution in [0.5, 0.6) is 0 Å². The van der Waals surface area contributed by atoms with Crippen molar-refractivity contribution in [2.45, 2.75) is 6.42 Å². The number of hydrogen-bond donors (Lipinski definition) is 2. The van der Waals surface area contributed by atoms with E-state index in [1.165, 1.54) is 11.3 Å². The lowest BCUT2D eigenvalue weighted by molar-refractivity contribution is -0.115. The fourth-order valence-electron chi connectivity index (χ4n) is 2.65. The monoisotopic (exact) mass is 362 g/mol. The molecule has 0 atom stereocenters. The van der Waals surface area contributed by atoms with Crippen molar-refractivity contribution in [1.82, 2.24) is 4.98 Å². The predicted octanol–water partition coefficient (Wildman–Crippen LogP) is 3.86. The number of carbonyl (C=O) groups is 2. The van der Waals surface area contributed by atoms with Crippen molar-refractivity contribution in [3.05, 3.63) is 70.7 Å². The second-order valence-electron chi connectivity index (χ2n) is 5.72. The van der Waals surface area contributed by atoms with E-state index in [9.17, 15) is 9.59 Å². The lowest BCUT2D eigenvalue weighted by atomic mass is 10.1. The molecule has 0 unspecified atom stereocenters. The van der Waals surface area contributed by atoms with Gasteiger partial charge in [0.25, 0.3) is 5.91 Å². The summed E-state index contributed by atoms with van der Waals surface area (Å²) < 4.78 is 0. The molecule has 7 heteroatoms. The summed E-state index contributed by atoms with van der Waals surface area (Å²) in [7, 11) is 0. The number of rotatable bonds is 3. The van der Waals surface area contributed by atoms with Gasteiger partial charge < -0.3 is 10.6 Å². The van der Waals surface area contributed by atoms with Crippen LogP contribution in [0.15, 0.2) is 64.5 Å². The average Bonchev–Trinajstić information content (AvgIpc) is 3.02. The summed E-state index contributed by atoms with van der Waals surface area (Å²) >= 11 is 1.49. The Labute approximate surface area is 153 Å².